The molecule has 0 spiro atoms. The molecule has 0 saturated heterocycles. The summed E-state index contributed by atoms with van der Waals surface area (Å²) in [5.74, 6) is 0.529. The zero-order valence-corrected chi connectivity index (χ0v) is 8.21. The molecule has 0 aliphatic carbocycles. The van der Waals surface area contributed by atoms with Gasteiger partial charge in [0, 0.05) is 12.1 Å². The van der Waals surface area contributed by atoms with E-state index < -0.39 is 6.09 Å². The van der Waals surface area contributed by atoms with Gasteiger partial charge in [0.05, 0.1) is 6.04 Å². The maximum atomic E-state index is 10.7. The van der Waals surface area contributed by atoms with E-state index in [9.17, 15) is 10.0 Å². The van der Waals surface area contributed by atoms with Gasteiger partial charge in [-0.15, -0.1) is 0 Å². The molecular weight excluding hydrogens is 200 g/mol. The van der Waals surface area contributed by atoms with Gasteiger partial charge in [-0.2, -0.15) is 4.73 Å². The third-order valence-electron chi connectivity index (χ3n) is 1.64. The molecular formula is C9H12N2O4. The van der Waals surface area contributed by atoms with E-state index in [1.54, 1.807) is 6.92 Å². The van der Waals surface area contributed by atoms with E-state index >= 15 is 0 Å². The largest absolute Gasteiger partial charge is 0.619 e. The number of amides is 1. The molecule has 0 aromatic carbocycles. The smallest absolute Gasteiger partial charge is 0.404 e. The summed E-state index contributed by atoms with van der Waals surface area (Å²) in [5, 5.41) is 21.3. The second-order valence-corrected chi connectivity index (χ2v) is 3.06. The fourth-order valence-electron chi connectivity index (χ4n) is 0.969. The van der Waals surface area contributed by atoms with E-state index in [0.717, 1.165) is 0 Å². The van der Waals surface area contributed by atoms with Crippen molar-refractivity contribution in [3.8, 4) is 5.75 Å². The van der Waals surface area contributed by atoms with Crippen molar-refractivity contribution >= 4 is 6.09 Å². The Morgan fingerprint density at radius 2 is 2.27 bits per heavy atom. The first kappa shape index (κ1) is 11.1. The van der Waals surface area contributed by atoms with Crippen LogP contribution in [0, 0.1) is 5.21 Å². The van der Waals surface area contributed by atoms with Crippen molar-refractivity contribution in [3.63, 3.8) is 0 Å². The second-order valence-electron chi connectivity index (χ2n) is 3.06. The van der Waals surface area contributed by atoms with Gasteiger partial charge in [-0.3, -0.25) is 0 Å². The Morgan fingerprint density at radius 3 is 2.80 bits per heavy atom. The molecule has 0 saturated carbocycles. The SMILES string of the molecule is C[C@@H](COc1cc[n+]([O-])cc1)NC(=O)O. The number of carbonyl (C=O) groups is 1. The summed E-state index contributed by atoms with van der Waals surface area (Å²) in [6.07, 6.45) is 1.53. The average Bonchev–Trinajstić information content (AvgIpc) is 2.16. The zero-order chi connectivity index (χ0) is 11.3. The number of rotatable bonds is 4. The van der Waals surface area contributed by atoms with Crippen LogP contribution in [0.1, 0.15) is 6.92 Å². The van der Waals surface area contributed by atoms with Gasteiger partial charge in [0.25, 0.3) is 0 Å². The summed E-state index contributed by atoms with van der Waals surface area (Å²) < 4.78 is 5.89. The summed E-state index contributed by atoms with van der Waals surface area (Å²) in [6.45, 7) is 1.90. The molecule has 0 bridgehead atoms. The van der Waals surface area contributed by atoms with Gasteiger partial charge in [-0.05, 0) is 6.92 Å². The van der Waals surface area contributed by atoms with Crippen molar-refractivity contribution in [2.75, 3.05) is 6.61 Å². The fraction of sp³-hybridized carbons (Fsp3) is 0.333. The van der Waals surface area contributed by atoms with Crippen molar-refractivity contribution in [3.05, 3.63) is 29.7 Å². The number of ether oxygens (including phenoxy) is 1. The standard InChI is InChI=1S/C9H12N2O4/c1-7(10-9(12)13)6-15-8-2-4-11(14)5-3-8/h2-5,7,10H,6H2,1H3,(H,12,13)/t7-/m0/s1. The molecule has 6 nitrogen and oxygen atoms in total. The van der Waals surface area contributed by atoms with Gasteiger partial charge >= 0.3 is 6.09 Å². The second kappa shape index (κ2) is 5.04. The lowest BCUT2D eigenvalue weighted by molar-refractivity contribution is -0.605. The molecule has 1 heterocycles. The van der Waals surface area contributed by atoms with E-state index in [1.165, 1.54) is 24.5 Å². The molecule has 0 unspecified atom stereocenters. The third-order valence-corrected chi connectivity index (χ3v) is 1.64. The van der Waals surface area contributed by atoms with Crippen LogP contribution in [0.3, 0.4) is 0 Å². The van der Waals surface area contributed by atoms with Crippen molar-refractivity contribution < 1.29 is 19.4 Å². The molecule has 6 heteroatoms. The Labute approximate surface area is 86.7 Å². The average molecular weight is 212 g/mol. The first-order valence-electron chi connectivity index (χ1n) is 4.39. The lowest BCUT2D eigenvalue weighted by atomic mass is 10.3. The summed E-state index contributed by atoms with van der Waals surface area (Å²) >= 11 is 0. The lowest BCUT2D eigenvalue weighted by Gasteiger charge is -2.12. The predicted octanol–water partition coefficient (Wildman–Crippen LogP) is 0.355. The highest BCUT2D eigenvalue weighted by Crippen LogP contribution is 2.06. The van der Waals surface area contributed by atoms with Crippen LogP contribution < -0.4 is 14.8 Å². The molecule has 15 heavy (non-hydrogen) atoms. The Morgan fingerprint density at radius 1 is 1.67 bits per heavy atom. The zero-order valence-electron chi connectivity index (χ0n) is 8.21. The maximum Gasteiger partial charge on any atom is 0.404 e. The maximum absolute atomic E-state index is 10.7. The number of hydrogen-bond acceptors (Lipinski definition) is 3. The van der Waals surface area contributed by atoms with Gasteiger partial charge in [-0.25, -0.2) is 4.79 Å². The molecule has 0 radical (unpaired) electrons. The first-order chi connectivity index (χ1) is 7.08. The molecule has 2 N–H and O–H groups in total. The van der Waals surface area contributed by atoms with Gasteiger partial charge in [0.1, 0.15) is 12.4 Å². The first-order valence-corrected chi connectivity index (χ1v) is 4.39. The number of nitrogens with zero attached hydrogens (tertiary/aromatic N) is 1. The number of nitrogens with one attached hydrogen (secondary N) is 1. The van der Waals surface area contributed by atoms with Gasteiger partial charge < -0.3 is 20.4 Å². The van der Waals surface area contributed by atoms with Crippen LogP contribution in [-0.4, -0.2) is 23.8 Å². The van der Waals surface area contributed by atoms with E-state index in [-0.39, 0.29) is 12.6 Å². The van der Waals surface area contributed by atoms with Crippen molar-refractivity contribution in [1.82, 2.24) is 5.32 Å². The number of pyridine rings is 1. The molecule has 82 valence electrons. The topological polar surface area (TPSA) is 85.5 Å². The molecule has 1 amide bonds. The van der Waals surface area contributed by atoms with Crippen LogP contribution in [0.4, 0.5) is 4.79 Å². The molecule has 1 atom stereocenters. The van der Waals surface area contributed by atoms with Crippen molar-refractivity contribution in [2.45, 2.75) is 13.0 Å². The number of aromatic nitrogens is 1. The monoisotopic (exact) mass is 212 g/mol. The predicted molar refractivity (Wildman–Crippen MR) is 51.5 cm³/mol. The highest BCUT2D eigenvalue weighted by atomic mass is 16.5. The van der Waals surface area contributed by atoms with Crippen molar-refractivity contribution in [2.24, 2.45) is 0 Å². The van der Waals surface area contributed by atoms with Crippen molar-refractivity contribution in [1.29, 1.82) is 0 Å². The molecule has 0 aliphatic rings. The van der Waals surface area contributed by atoms with Crippen LogP contribution >= 0.6 is 0 Å². The molecule has 1 rings (SSSR count). The third kappa shape index (κ3) is 4.17. The van der Waals surface area contributed by atoms with E-state index in [2.05, 4.69) is 5.32 Å². The molecule has 1 aromatic heterocycles. The van der Waals surface area contributed by atoms with Gasteiger partial charge in [-0.1, -0.05) is 0 Å². The Hall–Kier alpha value is -1.98. The summed E-state index contributed by atoms with van der Waals surface area (Å²) in [4.78, 5) is 10.3. The minimum Gasteiger partial charge on any atom is -0.619 e. The highest BCUT2D eigenvalue weighted by molar-refractivity contribution is 5.64. The minimum absolute atomic E-state index is 0.217. The van der Waals surface area contributed by atoms with Gasteiger partial charge in [0.2, 0.25) is 0 Å². The molecule has 0 aliphatic heterocycles. The Kier molecular flexibility index (Phi) is 3.73. The summed E-state index contributed by atoms with van der Waals surface area (Å²) in [6, 6.07) is 2.73. The fourth-order valence-corrected chi connectivity index (χ4v) is 0.969. The lowest BCUT2D eigenvalue weighted by Crippen LogP contribution is -2.35. The van der Waals surface area contributed by atoms with Crippen LogP contribution in [0.25, 0.3) is 0 Å². The Bertz CT molecular complexity index is 325. The van der Waals surface area contributed by atoms with E-state index in [0.29, 0.717) is 10.5 Å². The number of carboxylic acid groups (broad SMARTS) is 1. The molecule has 0 fully saturated rings. The van der Waals surface area contributed by atoms with Crippen LogP contribution in [0.5, 0.6) is 5.75 Å². The van der Waals surface area contributed by atoms with E-state index in [4.69, 9.17) is 9.84 Å². The summed E-state index contributed by atoms with van der Waals surface area (Å²) in [5.41, 5.74) is 0. The van der Waals surface area contributed by atoms with Crippen LogP contribution in [0.2, 0.25) is 0 Å². The van der Waals surface area contributed by atoms with Gasteiger partial charge in [0.15, 0.2) is 12.4 Å². The van der Waals surface area contributed by atoms with Crippen LogP contribution in [-0.2, 0) is 0 Å². The number of hydrogen-bond donors (Lipinski definition) is 2. The van der Waals surface area contributed by atoms with Crippen LogP contribution in [0.15, 0.2) is 24.5 Å². The highest BCUT2D eigenvalue weighted by Gasteiger charge is 2.05. The minimum atomic E-state index is -1.09. The quantitative estimate of drug-likeness (QED) is 0.557. The summed E-state index contributed by atoms with van der Waals surface area (Å²) in [7, 11) is 0. The van der Waals surface area contributed by atoms with E-state index in [1.807, 2.05) is 0 Å². The molecule has 1 aromatic rings. The Balaban J connectivity index is 2.36. The normalized spacial score (nSPS) is 11.8.